The molecule has 5 atom stereocenters. The highest BCUT2D eigenvalue weighted by atomic mass is 35.5. The summed E-state index contributed by atoms with van der Waals surface area (Å²) in [4.78, 5) is 62.2. The van der Waals surface area contributed by atoms with Crippen LogP contribution < -0.4 is 0 Å². The lowest BCUT2D eigenvalue weighted by Gasteiger charge is -2.34. The first-order valence-corrected chi connectivity index (χ1v) is 14.6. The van der Waals surface area contributed by atoms with Gasteiger partial charge in [-0.25, -0.2) is 13.7 Å². The summed E-state index contributed by atoms with van der Waals surface area (Å²) in [6, 6.07) is 0. The Labute approximate surface area is 215 Å². The predicted molar refractivity (Wildman–Crippen MR) is 119 cm³/mol. The summed E-state index contributed by atoms with van der Waals surface area (Å²) in [5, 5.41) is 0.113. The number of hydrogen-bond acceptors (Lipinski definition) is 3. The minimum absolute atomic E-state index is 0.205. The van der Waals surface area contributed by atoms with Crippen molar-refractivity contribution in [1.82, 2.24) is 0 Å². The SMILES string of the molecule is ClC1=C(Cl)C2(Cl)C3C(Cl)C=CC3C1(Cl)C2(Cl)Cl.O=P(O)(O)O.O=P(O)(O)O.O=P(O)(O)O. The topological polar surface area (TPSA) is 233 Å². The zero-order valence-corrected chi connectivity index (χ0v) is 22.6. The molecule has 0 radical (unpaired) electrons. The van der Waals surface area contributed by atoms with Crippen molar-refractivity contribution >= 4 is 105 Å². The van der Waals surface area contributed by atoms with Crippen LogP contribution in [0.3, 0.4) is 0 Å². The Hall–Kier alpha value is 1.84. The number of phosphoric acid groups is 3. The fourth-order valence-corrected chi connectivity index (χ4v) is 6.60. The molecule has 0 heterocycles. The molecule has 2 bridgehead atoms. The van der Waals surface area contributed by atoms with Crippen molar-refractivity contribution in [3.63, 3.8) is 0 Å². The average Bonchev–Trinajstić information content (AvgIpc) is 2.96. The van der Waals surface area contributed by atoms with Crippen molar-refractivity contribution in [2.45, 2.75) is 19.5 Å². The second-order valence-electron chi connectivity index (χ2n) is 6.05. The van der Waals surface area contributed by atoms with Crippen molar-refractivity contribution in [2.75, 3.05) is 0 Å². The molecule has 190 valence electrons. The van der Waals surface area contributed by atoms with Gasteiger partial charge >= 0.3 is 23.5 Å². The average molecular weight is 667 g/mol. The Morgan fingerprint density at radius 1 is 0.656 bits per heavy atom. The largest absolute Gasteiger partial charge is 0.466 e. The Kier molecular flexibility index (Phi) is 11.7. The molecule has 22 heteroatoms. The van der Waals surface area contributed by atoms with Crippen molar-refractivity contribution in [2.24, 2.45) is 11.8 Å². The van der Waals surface area contributed by atoms with Gasteiger partial charge in [-0.15, -0.1) is 34.8 Å². The molecule has 0 aromatic carbocycles. The molecule has 32 heavy (non-hydrogen) atoms. The van der Waals surface area contributed by atoms with Crippen LogP contribution >= 0.6 is 105 Å². The highest BCUT2D eigenvalue weighted by Gasteiger charge is 2.83. The van der Waals surface area contributed by atoms with Crippen LogP contribution in [0.25, 0.3) is 0 Å². The van der Waals surface area contributed by atoms with E-state index in [2.05, 4.69) is 0 Å². The molecule has 3 rings (SSSR count). The van der Waals surface area contributed by atoms with E-state index in [1.807, 2.05) is 12.2 Å². The lowest BCUT2D eigenvalue weighted by molar-refractivity contribution is 0.272. The molecular formula is C10H14Cl7O12P3. The molecule has 12 nitrogen and oxygen atoms in total. The van der Waals surface area contributed by atoms with E-state index in [1.165, 1.54) is 0 Å². The van der Waals surface area contributed by atoms with Gasteiger partial charge in [-0.2, -0.15) is 0 Å². The van der Waals surface area contributed by atoms with Crippen LogP contribution in [0.1, 0.15) is 0 Å². The van der Waals surface area contributed by atoms with Crippen molar-refractivity contribution in [3.05, 3.63) is 22.2 Å². The van der Waals surface area contributed by atoms with E-state index in [0.717, 1.165) is 0 Å². The smallest absolute Gasteiger partial charge is 0.303 e. The maximum absolute atomic E-state index is 8.88. The van der Waals surface area contributed by atoms with Gasteiger partial charge in [-0.05, 0) is 0 Å². The fourth-order valence-electron chi connectivity index (χ4n) is 3.08. The number of alkyl halides is 5. The highest BCUT2D eigenvalue weighted by Crippen LogP contribution is 2.78. The number of allylic oxidation sites excluding steroid dienone is 4. The standard InChI is InChI=1S/C10H5Cl7.3H3O4P/c11-4-2-1-3-5(4)9(15)7(13)6(12)8(3,14)10(9,16)17;3*1-5(2,3)4/h1-5H;3*(H3,1,2,3,4). The van der Waals surface area contributed by atoms with Crippen LogP contribution in [-0.2, 0) is 13.7 Å². The van der Waals surface area contributed by atoms with E-state index in [-0.39, 0.29) is 27.3 Å². The summed E-state index contributed by atoms with van der Waals surface area (Å²) in [7, 11) is -13.9. The zero-order chi connectivity index (χ0) is 26.3. The summed E-state index contributed by atoms with van der Waals surface area (Å²) in [5.74, 6) is -0.470. The van der Waals surface area contributed by atoms with Gasteiger partial charge in [0.1, 0.15) is 9.75 Å². The molecule has 5 unspecified atom stereocenters. The summed E-state index contributed by atoms with van der Waals surface area (Å²) in [6.07, 6.45) is 3.69. The molecular weight excluding hydrogens is 653 g/mol. The first kappa shape index (κ1) is 33.8. The lowest BCUT2D eigenvalue weighted by Crippen LogP contribution is -2.45. The van der Waals surface area contributed by atoms with Gasteiger partial charge in [-0.1, -0.05) is 58.6 Å². The van der Waals surface area contributed by atoms with E-state index in [9.17, 15) is 0 Å². The maximum atomic E-state index is 8.88. The van der Waals surface area contributed by atoms with Crippen LogP contribution in [-0.4, -0.2) is 63.5 Å². The van der Waals surface area contributed by atoms with Crippen LogP contribution in [0.5, 0.6) is 0 Å². The van der Waals surface area contributed by atoms with Gasteiger partial charge < -0.3 is 44.0 Å². The predicted octanol–water partition coefficient (Wildman–Crippen LogP) is 2.46. The molecule has 0 spiro atoms. The molecule has 0 saturated heterocycles. The van der Waals surface area contributed by atoms with Crippen molar-refractivity contribution in [3.8, 4) is 0 Å². The first-order chi connectivity index (χ1) is 13.7. The normalized spacial score (nSPS) is 34.6. The van der Waals surface area contributed by atoms with E-state index in [1.54, 1.807) is 0 Å². The molecule has 1 saturated carbocycles. The van der Waals surface area contributed by atoms with Gasteiger partial charge in [0.05, 0.1) is 15.4 Å². The van der Waals surface area contributed by atoms with Gasteiger partial charge in [0.25, 0.3) is 0 Å². The van der Waals surface area contributed by atoms with Gasteiger partial charge in [0.15, 0.2) is 4.33 Å². The van der Waals surface area contributed by atoms with Crippen LogP contribution in [0, 0.1) is 11.8 Å². The third-order valence-electron chi connectivity index (χ3n) is 3.90. The van der Waals surface area contributed by atoms with Crippen LogP contribution in [0.4, 0.5) is 0 Å². The fraction of sp³-hybridized carbons (Fsp3) is 0.600. The van der Waals surface area contributed by atoms with Crippen molar-refractivity contribution < 1.29 is 57.7 Å². The highest BCUT2D eigenvalue weighted by molar-refractivity contribution is 7.45. The zero-order valence-electron chi connectivity index (χ0n) is 14.6. The van der Waals surface area contributed by atoms with E-state index >= 15 is 0 Å². The van der Waals surface area contributed by atoms with E-state index < -0.39 is 37.5 Å². The minimum Gasteiger partial charge on any atom is -0.303 e. The number of rotatable bonds is 0. The van der Waals surface area contributed by atoms with Crippen LogP contribution in [0.2, 0.25) is 0 Å². The molecule has 1 fully saturated rings. The summed E-state index contributed by atoms with van der Waals surface area (Å²) in [6.45, 7) is 0. The van der Waals surface area contributed by atoms with Crippen LogP contribution in [0.15, 0.2) is 22.2 Å². The molecule has 0 amide bonds. The summed E-state index contributed by atoms with van der Waals surface area (Å²) in [5.41, 5.74) is 0. The Morgan fingerprint density at radius 2 is 0.938 bits per heavy atom. The Morgan fingerprint density at radius 3 is 1.25 bits per heavy atom. The molecule has 9 N–H and O–H groups in total. The maximum Gasteiger partial charge on any atom is 0.466 e. The molecule has 0 aromatic rings. The van der Waals surface area contributed by atoms with E-state index in [0.29, 0.717) is 0 Å². The molecule has 0 aromatic heterocycles. The molecule has 0 aliphatic heterocycles. The third kappa shape index (κ3) is 8.18. The Bertz CT molecular complexity index is 839. The van der Waals surface area contributed by atoms with E-state index in [4.69, 9.17) is 139 Å². The quantitative estimate of drug-likeness (QED) is 0.103. The minimum atomic E-state index is -4.64. The number of fused-ring (bicyclic) bond motifs is 5. The molecule has 3 aliphatic carbocycles. The van der Waals surface area contributed by atoms with Crippen molar-refractivity contribution in [1.29, 1.82) is 0 Å². The number of halogens is 7. The summed E-state index contributed by atoms with van der Waals surface area (Å²) >= 11 is 44.5. The second kappa shape index (κ2) is 11.1. The van der Waals surface area contributed by atoms with Gasteiger partial charge in [-0.3, -0.25) is 0 Å². The molecule has 3 aliphatic rings. The number of hydrogen-bond donors (Lipinski definition) is 9. The Balaban J connectivity index is 0.000000530. The van der Waals surface area contributed by atoms with Gasteiger partial charge in [0, 0.05) is 11.8 Å². The summed E-state index contributed by atoms with van der Waals surface area (Å²) < 4.78 is 25.2. The van der Waals surface area contributed by atoms with Gasteiger partial charge in [0.2, 0.25) is 0 Å². The second-order valence-corrected chi connectivity index (χ2v) is 12.9. The first-order valence-electron chi connectivity index (χ1n) is 7.19. The monoisotopic (exact) mass is 664 g/mol. The third-order valence-corrected chi connectivity index (χ3v) is 8.61. The lowest BCUT2D eigenvalue weighted by atomic mass is 9.84.